The SMILES string of the molecule is O=C1/C(=C\c2ccccc2)SC(=S)N1CC(=O)N1CCCC[C@H]1CCO. The van der Waals surface area contributed by atoms with Crippen molar-refractivity contribution in [2.75, 3.05) is 19.7 Å². The number of likely N-dealkylation sites (tertiary alicyclic amines) is 1. The zero-order chi connectivity index (χ0) is 18.5. The van der Waals surface area contributed by atoms with Crippen LogP contribution in [0.15, 0.2) is 35.2 Å². The van der Waals surface area contributed by atoms with E-state index in [0.717, 1.165) is 24.8 Å². The van der Waals surface area contributed by atoms with Gasteiger partial charge in [-0.05, 0) is 37.3 Å². The fourth-order valence-corrected chi connectivity index (χ4v) is 4.60. The minimum absolute atomic E-state index is 0.0290. The van der Waals surface area contributed by atoms with Gasteiger partial charge >= 0.3 is 0 Å². The summed E-state index contributed by atoms with van der Waals surface area (Å²) in [5, 5.41) is 9.23. The summed E-state index contributed by atoms with van der Waals surface area (Å²) in [6.45, 7) is 0.714. The van der Waals surface area contributed by atoms with Gasteiger partial charge in [-0.2, -0.15) is 0 Å². The third-order valence-electron chi connectivity index (χ3n) is 4.67. The molecule has 0 saturated carbocycles. The number of hydrogen-bond acceptors (Lipinski definition) is 5. The van der Waals surface area contributed by atoms with Crippen molar-refractivity contribution in [3.63, 3.8) is 0 Å². The summed E-state index contributed by atoms with van der Waals surface area (Å²) in [7, 11) is 0. The lowest BCUT2D eigenvalue weighted by Crippen LogP contribution is -2.49. The van der Waals surface area contributed by atoms with Gasteiger partial charge in [-0.25, -0.2) is 0 Å². The number of thiocarbonyl (C=S) groups is 1. The van der Waals surface area contributed by atoms with Gasteiger partial charge in [-0.3, -0.25) is 14.5 Å². The summed E-state index contributed by atoms with van der Waals surface area (Å²) in [6.07, 6.45) is 5.31. The number of piperidine rings is 1. The largest absolute Gasteiger partial charge is 0.396 e. The Morgan fingerprint density at radius 2 is 2.08 bits per heavy atom. The van der Waals surface area contributed by atoms with Crippen LogP contribution in [0.25, 0.3) is 6.08 Å². The van der Waals surface area contributed by atoms with Crippen molar-refractivity contribution >= 4 is 46.2 Å². The van der Waals surface area contributed by atoms with Crippen molar-refractivity contribution in [1.82, 2.24) is 9.80 Å². The van der Waals surface area contributed by atoms with Gasteiger partial charge in [0.25, 0.3) is 5.91 Å². The van der Waals surface area contributed by atoms with Crippen molar-refractivity contribution < 1.29 is 14.7 Å². The van der Waals surface area contributed by atoms with Crippen molar-refractivity contribution in [3.8, 4) is 0 Å². The van der Waals surface area contributed by atoms with Crippen LogP contribution in [0.3, 0.4) is 0 Å². The van der Waals surface area contributed by atoms with Crippen LogP contribution in [0.4, 0.5) is 0 Å². The molecule has 1 aromatic carbocycles. The Bertz CT molecular complexity index is 719. The number of benzene rings is 1. The first-order chi connectivity index (χ1) is 12.6. The molecule has 1 atom stereocenters. The molecule has 0 bridgehead atoms. The molecule has 5 nitrogen and oxygen atoms in total. The van der Waals surface area contributed by atoms with Crippen LogP contribution in [0.5, 0.6) is 0 Å². The number of amides is 2. The molecule has 2 saturated heterocycles. The molecular formula is C19H22N2O3S2. The summed E-state index contributed by atoms with van der Waals surface area (Å²) in [6, 6.07) is 9.64. The zero-order valence-electron chi connectivity index (χ0n) is 14.5. The molecule has 2 amide bonds. The van der Waals surface area contributed by atoms with Gasteiger partial charge in [-0.1, -0.05) is 54.3 Å². The van der Waals surface area contributed by atoms with Crippen molar-refractivity contribution in [2.45, 2.75) is 31.7 Å². The maximum Gasteiger partial charge on any atom is 0.266 e. The number of carbonyl (C=O) groups is 2. The minimum Gasteiger partial charge on any atom is -0.396 e. The van der Waals surface area contributed by atoms with E-state index in [9.17, 15) is 14.7 Å². The van der Waals surface area contributed by atoms with E-state index in [2.05, 4.69) is 0 Å². The molecule has 3 rings (SSSR count). The molecule has 26 heavy (non-hydrogen) atoms. The Hall–Kier alpha value is -1.70. The fourth-order valence-electron chi connectivity index (χ4n) is 3.34. The van der Waals surface area contributed by atoms with Gasteiger partial charge in [0.2, 0.25) is 5.91 Å². The predicted octanol–water partition coefficient (Wildman–Crippen LogP) is 2.65. The molecule has 0 radical (unpaired) electrons. The van der Waals surface area contributed by atoms with Crippen LogP contribution in [-0.4, -0.2) is 56.8 Å². The maximum atomic E-state index is 12.8. The number of thioether (sulfide) groups is 1. The van der Waals surface area contributed by atoms with Crippen molar-refractivity contribution in [1.29, 1.82) is 0 Å². The van der Waals surface area contributed by atoms with E-state index in [1.54, 1.807) is 11.0 Å². The Morgan fingerprint density at radius 3 is 2.81 bits per heavy atom. The maximum absolute atomic E-state index is 12.8. The van der Waals surface area contributed by atoms with E-state index in [1.807, 2.05) is 30.3 Å². The average Bonchev–Trinajstić information content (AvgIpc) is 2.90. The lowest BCUT2D eigenvalue weighted by Gasteiger charge is -2.36. The number of hydrogen-bond donors (Lipinski definition) is 1. The van der Waals surface area contributed by atoms with E-state index in [-0.39, 0.29) is 31.0 Å². The molecule has 0 spiro atoms. The van der Waals surface area contributed by atoms with Gasteiger partial charge in [0, 0.05) is 19.2 Å². The Kier molecular flexibility index (Phi) is 6.45. The fraction of sp³-hybridized carbons (Fsp3) is 0.421. The Morgan fingerprint density at radius 1 is 1.31 bits per heavy atom. The molecule has 7 heteroatoms. The number of nitrogens with zero attached hydrogens (tertiary/aromatic N) is 2. The lowest BCUT2D eigenvalue weighted by molar-refractivity contribution is -0.138. The smallest absolute Gasteiger partial charge is 0.266 e. The van der Waals surface area contributed by atoms with Crippen LogP contribution in [0.2, 0.25) is 0 Å². The Labute approximate surface area is 163 Å². The molecule has 1 N–H and O–H groups in total. The summed E-state index contributed by atoms with van der Waals surface area (Å²) in [4.78, 5) is 29.2. The predicted molar refractivity (Wildman–Crippen MR) is 107 cm³/mol. The number of aliphatic hydroxyl groups is 1. The lowest BCUT2D eigenvalue weighted by atomic mass is 9.99. The van der Waals surface area contributed by atoms with Crippen LogP contribution >= 0.6 is 24.0 Å². The van der Waals surface area contributed by atoms with Gasteiger partial charge < -0.3 is 10.0 Å². The van der Waals surface area contributed by atoms with Crippen LogP contribution in [-0.2, 0) is 9.59 Å². The van der Waals surface area contributed by atoms with E-state index < -0.39 is 0 Å². The first-order valence-corrected chi connectivity index (χ1v) is 10.0. The van der Waals surface area contributed by atoms with Crippen molar-refractivity contribution in [2.24, 2.45) is 0 Å². The molecule has 138 valence electrons. The number of aliphatic hydroxyl groups excluding tert-OH is 1. The van der Waals surface area contributed by atoms with Gasteiger partial charge in [0.1, 0.15) is 10.9 Å². The molecule has 0 aromatic heterocycles. The topological polar surface area (TPSA) is 60.9 Å². The van der Waals surface area contributed by atoms with Crippen molar-refractivity contribution in [3.05, 3.63) is 40.8 Å². The van der Waals surface area contributed by atoms with Gasteiger partial charge in [0.05, 0.1) is 4.91 Å². The summed E-state index contributed by atoms with van der Waals surface area (Å²) < 4.78 is 0.418. The first-order valence-electron chi connectivity index (χ1n) is 8.81. The number of rotatable bonds is 5. The molecule has 0 aliphatic carbocycles. The molecular weight excluding hydrogens is 368 g/mol. The molecule has 0 unspecified atom stereocenters. The molecule has 2 fully saturated rings. The summed E-state index contributed by atoms with van der Waals surface area (Å²) in [5.74, 6) is -0.312. The summed E-state index contributed by atoms with van der Waals surface area (Å²) >= 11 is 6.56. The van der Waals surface area contributed by atoms with E-state index in [0.29, 0.717) is 22.2 Å². The quantitative estimate of drug-likeness (QED) is 0.619. The van der Waals surface area contributed by atoms with Gasteiger partial charge in [0.15, 0.2) is 0 Å². The third kappa shape index (κ3) is 4.34. The van der Waals surface area contributed by atoms with Gasteiger partial charge in [-0.15, -0.1) is 0 Å². The van der Waals surface area contributed by atoms with E-state index >= 15 is 0 Å². The number of carbonyl (C=O) groups excluding carboxylic acids is 2. The van der Waals surface area contributed by atoms with Crippen LogP contribution in [0.1, 0.15) is 31.2 Å². The first kappa shape index (κ1) is 19.1. The van der Waals surface area contributed by atoms with E-state index in [1.165, 1.54) is 16.7 Å². The third-order valence-corrected chi connectivity index (χ3v) is 6.05. The standard InChI is InChI=1S/C19H22N2O3S2/c22-11-9-15-8-4-5-10-20(15)17(23)13-21-18(24)16(26-19(21)25)12-14-6-2-1-3-7-14/h1-3,6-7,12,15,22H,4-5,8-11,13H2/b16-12+/t15-/m0/s1. The zero-order valence-corrected chi connectivity index (χ0v) is 16.1. The highest BCUT2D eigenvalue weighted by molar-refractivity contribution is 8.26. The monoisotopic (exact) mass is 390 g/mol. The van der Waals surface area contributed by atoms with Crippen LogP contribution < -0.4 is 0 Å². The molecule has 2 heterocycles. The Balaban J connectivity index is 1.69. The second-order valence-corrected chi connectivity index (χ2v) is 8.10. The normalized spacial score (nSPS) is 22.3. The van der Waals surface area contributed by atoms with E-state index in [4.69, 9.17) is 12.2 Å². The summed E-state index contributed by atoms with van der Waals surface area (Å²) in [5.41, 5.74) is 0.929. The minimum atomic E-state index is -0.215. The second-order valence-electron chi connectivity index (χ2n) is 6.43. The average molecular weight is 391 g/mol. The molecule has 2 aliphatic heterocycles. The molecule has 1 aromatic rings. The molecule has 2 aliphatic rings. The highest BCUT2D eigenvalue weighted by Gasteiger charge is 2.35. The second kappa shape index (κ2) is 8.79. The highest BCUT2D eigenvalue weighted by atomic mass is 32.2. The highest BCUT2D eigenvalue weighted by Crippen LogP contribution is 2.32. The van der Waals surface area contributed by atoms with Crippen LogP contribution in [0, 0.1) is 0 Å².